The number of imide groups is 1. The number of nitrogens with zero attached hydrogens (tertiary/aromatic N) is 3. The maximum Gasteiger partial charge on any atom is 0.325 e. The van der Waals surface area contributed by atoms with Gasteiger partial charge in [-0.2, -0.15) is 0 Å². The third kappa shape index (κ3) is 3.32. The smallest absolute Gasteiger partial charge is 0.325 e. The molecule has 2 aromatic rings. The van der Waals surface area contributed by atoms with Crippen LogP contribution in [0.25, 0.3) is 0 Å². The van der Waals surface area contributed by atoms with Gasteiger partial charge in [0.1, 0.15) is 17.6 Å². The van der Waals surface area contributed by atoms with Crippen molar-refractivity contribution in [3.63, 3.8) is 0 Å². The van der Waals surface area contributed by atoms with Crippen molar-refractivity contribution in [1.29, 1.82) is 0 Å². The van der Waals surface area contributed by atoms with Gasteiger partial charge in [-0.25, -0.2) is 4.99 Å². The van der Waals surface area contributed by atoms with Gasteiger partial charge in [0.2, 0.25) is 11.8 Å². The van der Waals surface area contributed by atoms with E-state index < -0.39 is 41.2 Å². The van der Waals surface area contributed by atoms with Gasteiger partial charge < -0.3 is 10.2 Å². The highest BCUT2D eigenvalue weighted by atomic mass is 16.4. The van der Waals surface area contributed by atoms with Crippen LogP contribution in [0.4, 0.5) is 0 Å². The van der Waals surface area contributed by atoms with E-state index in [0.717, 1.165) is 10.5 Å². The average Bonchev–Trinajstić information content (AvgIpc) is 3.49. The van der Waals surface area contributed by atoms with Gasteiger partial charge in [0, 0.05) is 23.7 Å². The molecule has 0 radical (unpaired) electrons. The monoisotopic (exact) mass is 446 g/mol. The molecule has 2 amide bonds. The molecule has 0 bridgehead atoms. The van der Waals surface area contributed by atoms with Crippen molar-refractivity contribution in [2.75, 3.05) is 6.54 Å². The van der Waals surface area contributed by atoms with Crippen LogP contribution in [0.15, 0.2) is 64.6 Å². The number of aliphatic imine (C=N–C) groups is 2. The number of fused-ring (bicyclic) bond motifs is 1. The number of amides is 2. The quantitative estimate of drug-likeness (QED) is 0.577. The Kier molecular flexibility index (Phi) is 5.05. The third-order valence-corrected chi connectivity index (χ3v) is 6.66. The zero-order valence-electron chi connectivity index (χ0n) is 17.6. The van der Waals surface area contributed by atoms with Crippen molar-refractivity contribution >= 4 is 29.8 Å². The van der Waals surface area contributed by atoms with Gasteiger partial charge in [-0.05, 0) is 11.6 Å². The lowest BCUT2D eigenvalue weighted by Gasteiger charge is -2.31. The number of rotatable bonds is 6. The van der Waals surface area contributed by atoms with Crippen LogP contribution in [0, 0.1) is 11.8 Å². The Morgan fingerprint density at radius 1 is 1.09 bits per heavy atom. The summed E-state index contributed by atoms with van der Waals surface area (Å²) in [6.07, 6.45) is 1.28. The van der Waals surface area contributed by atoms with Crippen LogP contribution in [0.1, 0.15) is 23.6 Å². The van der Waals surface area contributed by atoms with Crippen LogP contribution in [0.3, 0.4) is 0 Å². The number of aromatic hydroxyl groups is 1. The highest BCUT2D eigenvalue weighted by Crippen LogP contribution is 2.51. The van der Waals surface area contributed by atoms with Crippen LogP contribution < -0.4 is 5.32 Å². The first kappa shape index (κ1) is 21.0. The first-order valence-corrected chi connectivity index (χ1v) is 10.6. The highest BCUT2D eigenvalue weighted by molar-refractivity contribution is 6.11. The molecule has 33 heavy (non-hydrogen) atoms. The highest BCUT2D eigenvalue weighted by Gasteiger charge is 2.68. The van der Waals surface area contributed by atoms with Crippen LogP contribution in [0.5, 0.6) is 5.75 Å². The zero-order valence-corrected chi connectivity index (χ0v) is 17.6. The molecule has 3 heterocycles. The molecule has 0 unspecified atom stereocenters. The average molecular weight is 446 g/mol. The van der Waals surface area contributed by atoms with Crippen LogP contribution in [-0.4, -0.2) is 57.0 Å². The molecule has 9 heteroatoms. The Morgan fingerprint density at radius 2 is 1.82 bits per heavy atom. The lowest BCUT2D eigenvalue weighted by atomic mass is 9.76. The van der Waals surface area contributed by atoms with Gasteiger partial charge in [0.05, 0.1) is 24.9 Å². The maximum atomic E-state index is 13.6. The lowest BCUT2D eigenvalue weighted by molar-refractivity contribution is -0.151. The van der Waals surface area contributed by atoms with E-state index in [2.05, 4.69) is 15.3 Å². The minimum Gasteiger partial charge on any atom is -0.508 e. The molecule has 3 aliphatic heterocycles. The maximum absolute atomic E-state index is 13.6. The van der Waals surface area contributed by atoms with E-state index in [1.807, 2.05) is 30.3 Å². The number of phenols is 1. The molecule has 2 fully saturated rings. The number of carboxylic acids is 1. The summed E-state index contributed by atoms with van der Waals surface area (Å²) in [5.74, 6) is -4.44. The molecule has 0 aliphatic carbocycles. The van der Waals surface area contributed by atoms with Gasteiger partial charge in [-0.15, -0.1) is 0 Å². The number of aliphatic carboxylic acids is 1. The number of likely N-dealkylation sites (tertiary alicyclic amines) is 1. The molecule has 5 rings (SSSR count). The van der Waals surface area contributed by atoms with Crippen LogP contribution >= 0.6 is 0 Å². The lowest BCUT2D eigenvalue weighted by Crippen LogP contribution is -2.57. The molecule has 3 N–H and O–H groups in total. The Balaban J connectivity index is 1.60. The summed E-state index contributed by atoms with van der Waals surface area (Å²) in [6, 6.07) is 14.7. The van der Waals surface area contributed by atoms with Crippen molar-refractivity contribution in [3.05, 3.63) is 65.7 Å². The molecule has 0 spiro atoms. The normalized spacial score (nSPS) is 28.3. The Bertz CT molecular complexity index is 1190. The van der Waals surface area contributed by atoms with Crippen molar-refractivity contribution in [3.8, 4) is 5.75 Å². The van der Waals surface area contributed by atoms with Gasteiger partial charge in [0.25, 0.3) is 0 Å². The second-order valence-electron chi connectivity index (χ2n) is 8.54. The Morgan fingerprint density at radius 3 is 2.48 bits per heavy atom. The summed E-state index contributed by atoms with van der Waals surface area (Å²) in [4.78, 5) is 49.3. The van der Waals surface area contributed by atoms with Crippen molar-refractivity contribution in [2.45, 2.75) is 24.5 Å². The molecule has 3 aliphatic rings. The largest absolute Gasteiger partial charge is 0.508 e. The van der Waals surface area contributed by atoms with E-state index in [0.29, 0.717) is 11.3 Å². The van der Waals surface area contributed by atoms with Crippen molar-refractivity contribution < 1.29 is 24.6 Å². The molecule has 2 aromatic carbocycles. The minimum absolute atomic E-state index is 0.0543. The standard InChI is InChI=1S/C24H22N4O5/c29-17-9-5-4-8-16(17)20-18-19(24(27-20,23(32)33)10-15-11-25-13-26-15)22(31)28(21(18)30)12-14-6-2-1-3-7-14/h1-9,13,18-20,27,29H,10-12H2,(H,32,33)/t18-,19+,20-,24-/m0/s1. The topological polar surface area (TPSA) is 132 Å². The van der Waals surface area contributed by atoms with Crippen molar-refractivity contribution in [1.82, 2.24) is 10.2 Å². The summed E-state index contributed by atoms with van der Waals surface area (Å²) >= 11 is 0. The van der Waals surface area contributed by atoms with E-state index >= 15 is 0 Å². The molecule has 168 valence electrons. The predicted molar refractivity (Wildman–Crippen MR) is 119 cm³/mol. The van der Waals surface area contributed by atoms with Crippen LogP contribution in [0.2, 0.25) is 0 Å². The number of hydrogen-bond acceptors (Lipinski definition) is 7. The molecular formula is C24H22N4O5. The molecule has 0 saturated carbocycles. The number of carboxylic acid groups (broad SMARTS) is 1. The van der Waals surface area contributed by atoms with Crippen molar-refractivity contribution in [2.24, 2.45) is 21.8 Å². The number of phenolic OH excluding ortho intramolecular Hbond substituents is 1. The SMILES string of the molecule is O=C1[C@@H]2[C@H](c3ccccc3O)N[C@](CC3=NC=NC3)(C(=O)O)[C@H]2C(=O)N1Cc1ccccc1. The molecular weight excluding hydrogens is 424 g/mol. The summed E-state index contributed by atoms with van der Waals surface area (Å²) in [6.45, 7) is 0.296. The van der Waals surface area contributed by atoms with E-state index in [1.165, 1.54) is 12.4 Å². The van der Waals surface area contributed by atoms with E-state index in [-0.39, 0.29) is 25.3 Å². The number of nitrogens with one attached hydrogen (secondary N) is 1. The number of carbonyl (C=O) groups is 3. The molecule has 4 atom stereocenters. The number of carbonyl (C=O) groups excluding carboxylic acids is 2. The summed E-state index contributed by atoms with van der Waals surface area (Å²) in [5.41, 5.74) is -0.102. The third-order valence-electron chi connectivity index (χ3n) is 6.66. The van der Waals surface area contributed by atoms with Crippen LogP contribution in [-0.2, 0) is 20.9 Å². The fourth-order valence-corrected chi connectivity index (χ4v) is 5.17. The first-order chi connectivity index (χ1) is 15.9. The summed E-state index contributed by atoms with van der Waals surface area (Å²) in [5, 5.41) is 23.9. The second-order valence-corrected chi connectivity index (χ2v) is 8.54. The van der Waals surface area contributed by atoms with Gasteiger partial charge >= 0.3 is 5.97 Å². The zero-order chi connectivity index (χ0) is 23.2. The predicted octanol–water partition coefficient (Wildman–Crippen LogP) is 1.53. The number of para-hydroxylation sites is 1. The molecule has 0 aromatic heterocycles. The van der Waals surface area contributed by atoms with E-state index in [1.54, 1.807) is 18.2 Å². The fraction of sp³-hybridized carbons (Fsp3) is 0.292. The Hall–Kier alpha value is -3.85. The first-order valence-electron chi connectivity index (χ1n) is 10.6. The van der Waals surface area contributed by atoms with Gasteiger partial charge in [0.15, 0.2) is 0 Å². The number of benzene rings is 2. The fourth-order valence-electron chi connectivity index (χ4n) is 5.17. The summed E-state index contributed by atoms with van der Waals surface area (Å²) < 4.78 is 0. The second kappa shape index (κ2) is 7.93. The van der Waals surface area contributed by atoms with E-state index in [9.17, 15) is 24.6 Å². The summed E-state index contributed by atoms with van der Waals surface area (Å²) in [7, 11) is 0. The van der Waals surface area contributed by atoms with Gasteiger partial charge in [-0.3, -0.25) is 29.6 Å². The molecule has 2 saturated heterocycles. The Labute approximate surface area is 189 Å². The van der Waals surface area contributed by atoms with Gasteiger partial charge in [-0.1, -0.05) is 48.5 Å². The number of hydrogen-bond donors (Lipinski definition) is 3. The minimum atomic E-state index is -1.76. The molecule has 9 nitrogen and oxygen atoms in total. The van der Waals surface area contributed by atoms with E-state index in [4.69, 9.17) is 0 Å².